The molecule has 1 aliphatic carbocycles. The summed E-state index contributed by atoms with van der Waals surface area (Å²) in [5, 5.41) is 2.87. The predicted octanol–water partition coefficient (Wildman–Crippen LogP) is 2.15. The highest BCUT2D eigenvalue weighted by Gasteiger charge is 2.37. The summed E-state index contributed by atoms with van der Waals surface area (Å²) in [6.45, 7) is 2.07. The molecule has 2 unspecified atom stereocenters. The lowest BCUT2D eigenvalue weighted by Crippen LogP contribution is -2.27. The Balaban J connectivity index is 2.26. The van der Waals surface area contributed by atoms with Crippen molar-refractivity contribution >= 4 is 25.6 Å². The van der Waals surface area contributed by atoms with Crippen LogP contribution in [0, 0.1) is 5.92 Å². The summed E-state index contributed by atoms with van der Waals surface area (Å²) < 4.78 is 27.8. The van der Waals surface area contributed by atoms with Crippen LogP contribution in [-0.4, -0.2) is 27.5 Å². The van der Waals surface area contributed by atoms with E-state index in [0.29, 0.717) is 11.7 Å². The first-order valence-electron chi connectivity index (χ1n) is 6.30. The maximum atomic E-state index is 12.2. The minimum absolute atomic E-state index is 0.118. The highest BCUT2D eigenvalue weighted by atomic mass is 35.7. The van der Waals surface area contributed by atoms with Crippen molar-refractivity contribution < 1.29 is 17.9 Å². The number of ether oxygens (including phenoxy) is 1. The summed E-state index contributed by atoms with van der Waals surface area (Å²) in [4.78, 5) is 12.1. The van der Waals surface area contributed by atoms with Gasteiger partial charge in [-0.3, -0.25) is 4.79 Å². The number of amides is 1. The average Bonchev–Trinajstić information content (AvgIpc) is 3.15. The van der Waals surface area contributed by atoms with Crippen LogP contribution in [0.3, 0.4) is 0 Å². The van der Waals surface area contributed by atoms with Crippen molar-refractivity contribution in [2.24, 2.45) is 5.92 Å². The smallest absolute Gasteiger partial charge is 0.261 e. The molecule has 0 aromatic heterocycles. The van der Waals surface area contributed by atoms with Gasteiger partial charge in [0.2, 0.25) is 0 Å². The zero-order valence-corrected chi connectivity index (χ0v) is 12.8. The number of carbonyl (C=O) groups excluding carboxylic acids is 1. The van der Waals surface area contributed by atoms with Gasteiger partial charge in [0.1, 0.15) is 5.75 Å². The fourth-order valence-electron chi connectivity index (χ4n) is 2.14. The van der Waals surface area contributed by atoms with Crippen molar-refractivity contribution in [2.75, 3.05) is 7.11 Å². The minimum Gasteiger partial charge on any atom is -0.496 e. The van der Waals surface area contributed by atoms with Gasteiger partial charge in [-0.05, 0) is 30.5 Å². The van der Waals surface area contributed by atoms with E-state index in [1.807, 2.05) is 0 Å². The second-order valence-corrected chi connectivity index (χ2v) is 7.35. The number of nitrogens with one attached hydrogen (secondary N) is 1. The molecule has 1 aromatic carbocycles. The molecule has 20 heavy (non-hydrogen) atoms. The normalized spacial score (nSPS) is 21.4. The molecule has 1 amide bonds. The van der Waals surface area contributed by atoms with E-state index in [1.54, 1.807) is 0 Å². The number of halogens is 1. The molecule has 0 heterocycles. The van der Waals surface area contributed by atoms with Crippen molar-refractivity contribution in [3.63, 3.8) is 0 Å². The van der Waals surface area contributed by atoms with E-state index in [-0.39, 0.29) is 22.4 Å². The Morgan fingerprint density at radius 1 is 1.50 bits per heavy atom. The maximum Gasteiger partial charge on any atom is 0.261 e. The van der Waals surface area contributed by atoms with Crippen LogP contribution in [0.15, 0.2) is 23.1 Å². The van der Waals surface area contributed by atoms with Crippen LogP contribution in [0.4, 0.5) is 0 Å². The van der Waals surface area contributed by atoms with Crippen LogP contribution in [0.2, 0.25) is 0 Å². The Morgan fingerprint density at radius 3 is 2.70 bits per heavy atom. The second kappa shape index (κ2) is 5.61. The molecular weight excluding hydrogens is 302 g/mol. The van der Waals surface area contributed by atoms with Gasteiger partial charge >= 0.3 is 0 Å². The molecule has 1 aliphatic rings. The first kappa shape index (κ1) is 15.1. The van der Waals surface area contributed by atoms with E-state index < -0.39 is 9.05 Å². The van der Waals surface area contributed by atoms with Gasteiger partial charge in [-0.25, -0.2) is 8.42 Å². The zero-order chi connectivity index (χ0) is 14.9. The van der Waals surface area contributed by atoms with Gasteiger partial charge < -0.3 is 10.1 Å². The predicted molar refractivity (Wildman–Crippen MR) is 75.7 cm³/mol. The van der Waals surface area contributed by atoms with Crippen LogP contribution in [-0.2, 0) is 9.05 Å². The van der Waals surface area contributed by atoms with E-state index >= 15 is 0 Å². The Hall–Kier alpha value is -1.27. The van der Waals surface area contributed by atoms with E-state index in [4.69, 9.17) is 15.4 Å². The Labute approximate surface area is 122 Å². The Morgan fingerprint density at radius 2 is 2.20 bits per heavy atom. The van der Waals surface area contributed by atoms with Crippen LogP contribution >= 0.6 is 10.7 Å². The van der Waals surface area contributed by atoms with Gasteiger partial charge in [0.25, 0.3) is 15.0 Å². The van der Waals surface area contributed by atoms with Gasteiger partial charge in [-0.2, -0.15) is 0 Å². The number of rotatable bonds is 5. The summed E-state index contributed by atoms with van der Waals surface area (Å²) in [6, 6.07) is 4.13. The second-order valence-electron chi connectivity index (χ2n) is 4.78. The minimum atomic E-state index is -3.88. The summed E-state index contributed by atoms with van der Waals surface area (Å²) >= 11 is 0. The van der Waals surface area contributed by atoms with Crippen molar-refractivity contribution in [2.45, 2.75) is 30.7 Å². The van der Waals surface area contributed by atoms with E-state index in [2.05, 4.69) is 12.2 Å². The standard InChI is InChI=1S/C13H16ClNO4S/c1-3-8-6-11(8)15-13(16)10-7-9(20(14,17)18)4-5-12(10)19-2/h4-5,7-8,11H,3,6H2,1-2H3,(H,15,16). The number of benzene rings is 1. The van der Waals surface area contributed by atoms with Crippen molar-refractivity contribution in [1.82, 2.24) is 5.32 Å². The zero-order valence-electron chi connectivity index (χ0n) is 11.2. The van der Waals surface area contributed by atoms with Gasteiger partial charge in [0.05, 0.1) is 17.6 Å². The summed E-state index contributed by atoms with van der Waals surface area (Å²) in [5.41, 5.74) is 0.177. The number of methoxy groups -OCH3 is 1. The molecule has 0 radical (unpaired) electrons. The van der Waals surface area contributed by atoms with Crippen LogP contribution < -0.4 is 10.1 Å². The summed E-state index contributed by atoms with van der Waals surface area (Å²) in [7, 11) is 2.84. The van der Waals surface area contributed by atoms with Crippen molar-refractivity contribution in [3.05, 3.63) is 23.8 Å². The molecule has 1 fully saturated rings. The third kappa shape index (κ3) is 3.24. The monoisotopic (exact) mass is 317 g/mol. The first-order valence-corrected chi connectivity index (χ1v) is 8.61. The molecule has 0 saturated heterocycles. The van der Waals surface area contributed by atoms with Crippen molar-refractivity contribution in [1.29, 1.82) is 0 Å². The first-order chi connectivity index (χ1) is 9.36. The number of hydrogen-bond acceptors (Lipinski definition) is 4. The molecule has 2 atom stereocenters. The Bertz CT molecular complexity index is 629. The molecule has 0 bridgehead atoms. The molecule has 1 saturated carbocycles. The van der Waals surface area contributed by atoms with Crippen LogP contribution in [0.25, 0.3) is 0 Å². The molecule has 0 spiro atoms. The SMILES string of the molecule is CCC1CC1NC(=O)c1cc(S(=O)(=O)Cl)ccc1OC. The maximum absolute atomic E-state index is 12.2. The fraction of sp³-hybridized carbons (Fsp3) is 0.462. The number of carbonyl (C=O) groups is 1. The van der Waals surface area contributed by atoms with Gasteiger partial charge in [-0.15, -0.1) is 0 Å². The van der Waals surface area contributed by atoms with Gasteiger partial charge in [0.15, 0.2) is 0 Å². The topological polar surface area (TPSA) is 72.5 Å². The van der Waals surface area contributed by atoms with E-state index in [9.17, 15) is 13.2 Å². The average molecular weight is 318 g/mol. The van der Waals surface area contributed by atoms with Crippen molar-refractivity contribution in [3.8, 4) is 5.75 Å². The van der Waals surface area contributed by atoms with E-state index in [0.717, 1.165) is 12.8 Å². The van der Waals surface area contributed by atoms with Crippen LogP contribution in [0.1, 0.15) is 30.1 Å². The largest absolute Gasteiger partial charge is 0.496 e. The lowest BCUT2D eigenvalue weighted by Gasteiger charge is -2.10. The molecule has 1 aromatic rings. The van der Waals surface area contributed by atoms with Gasteiger partial charge in [-0.1, -0.05) is 13.3 Å². The summed E-state index contributed by atoms with van der Waals surface area (Å²) in [6.07, 6.45) is 1.97. The molecule has 0 aliphatic heterocycles. The highest BCUT2D eigenvalue weighted by molar-refractivity contribution is 8.13. The molecular formula is C13H16ClNO4S. The third-order valence-corrected chi connectivity index (χ3v) is 4.81. The molecule has 1 N–H and O–H groups in total. The third-order valence-electron chi connectivity index (χ3n) is 3.46. The van der Waals surface area contributed by atoms with E-state index in [1.165, 1.54) is 25.3 Å². The highest BCUT2D eigenvalue weighted by Crippen LogP contribution is 2.34. The van der Waals surface area contributed by atoms with Gasteiger partial charge in [0, 0.05) is 16.7 Å². The molecule has 110 valence electrons. The lowest BCUT2D eigenvalue weighted by atomic mass is 10.2. The summed E-state index contributed by atoms with van der Waals surface area (Å²) in [5.74, 6) is 0.482. The number of hydrogen-bond donors (Lipinski definition) is 1. The molecule has 2 rings (SSSR count). The molecule has 5 nitrogen and oxygen atoms in total. The fourth-order valence-corrected chi connectivity index (χ4v) is 2.92. The quantitative estimate of drug-likeness (QED) is 0.845. The van der Waals surface area contributed by atoms with Crippen LogP contribution in [0.5, 0.6) is 5.75 Å². The lowest BCUT2D eigenvalue weighted by molar-refractivity contribution is 0.0945. The Kier molecular flexibility index (Phi) is 4.25. The molecule has 7 heteroatoms.